The van der Waals surface area contributed by atoms with Gasteiger partial charge in [-0.25, -0.2) is 0 Å². The highest BCUT2D eigenvalue weighted by Crippen LogP contribution is 2.32. The zero-order valence-electron chi connectivity index (χ0n) is 13.9. The molecule has 1 aliphatic heterocycles. The van der Waals surface area contributed by atoms with E-state index in [0.717, 1.165) is 24.0 Å². The van der Waals surface area contributed by atoms with Crippen molar-refractivity contribution in [3.8, 4) is 0 Å². The Balaban J connectivity index is 2.23. The van der Waals surface area contributed by atoms with E-state index in [1.165, 1.54) is 0 Å². The molecule has 1 N–H and O–H groups in total. The number of amides is 1. The van der Waals surface area contributed by atoms with Gasteiger partial charge in [0.2, 0.25) is 0 Å². The normalized spacial score (nSPS) is 21.6. The van der Waals surface area contributed by atoms with Gasteiger partial charge in [-0.05, 0) is 18.9 Å². The molecule has 0 aromatic carbocycles. The van der Waals surface area contributed by atoms with Crippen molar-refractivity contribution in [1.29, 1.82) is 0 Å². The summed E-state index contributed by atoms with van der Waals surface area (Å²) in [6, 6.07) is -0.194. The van der Waals surface area contributed by atoms with E-state index in [2.05, 4.69) is 15.3 Å². The van der Waals surface area contributed by atoms with Crippen LogP contribution in [0.2, 0.25) is 0 Å². The zero-order valence-corrected chi connectivity index (χ0v) is 13.9. The molecule has 0 spiro atoms. The fourth-order valence-electron chi connectivity index (χ4n) is 2.93. The number of alkyl halides is 3. The molecule has 23 heavy (non-hydrogen) atoms. The van der Waals surface area contributed by atoms with Crippen LogP contribution in [0.1, 0.15) is 43.7 Å². The zero-order chi connectivity index (χ0) is 17.4. The van der Waals surface area contributed by atoms with Crippen molar-refractivity contribution in [1.82, 2.24) is 20.0 Å². The third-order valence-corrected chi connectivity index (χ3v) is 4.37. The highest BCUT2D eigenvalue weighted by molar-refractivity contribution is 5.95. The number of hydrogen-bond donors (Lipinski definition) is 1. The van der Waals surface area contributed by atoms with Crippen LogP contribution in [0.5, 0.6) is 0 Å². The first-order valence-electron chi connectivity index (χ1n) is 7.76. The van der Waals surface area contributed by atoms with Gasteiger partial charge in [0, 0.05) is 31.9 Å². The molecule has 0 aliphatic carbocycles. The van der Waals surface area contributed by atoms with Crippen LogP contribution in [-0.4, -0.2) is 46.3 Å². The SMILES string of the molecule is CCN1CC(NC(=O)c2cn(CC)nc2C(F)(F)F)C(C)(C)C1. The fraction of sp³-hybridized carbons (Fsp3) is 0.733. The molecule has 5 nitrogen and oxygen atoms in total. The Hall–Kier alpha value is -1.57. The monoisotopic (exact) mass is 332 g/mol. The average Bonchev–Trinajstić information content (AvgIpc) is 3.00. The molecule has 8 heteroatoms. The number of likely N-dealkylation sites (tertiary alicyclic amines) is 1. The first-order valence-corrected chi connectivity index (χ1v) is 7.76. The Bertz CT molecular complexity index is 580. The maximum Gasteiger partial charge on any atom is 0.435 e. The minimum Gasteiger partial charge on any atom is -0.347 e. The number of nitrogens with one attached hydrogen (secondary N) is 1. The molecule has 2 heterocycles. The predicted molar refractivity (Wildman–Crippen MR) is 80.1 cm³/mol. The van der Waals surface area contributed by atoms with Gasteiger partial charge in [-0.3, -0.25) is 9.48 Å². The minimum atomic E-state index is -4.65. The van der Waals surface area contributed by atoms with Gasteiger partial charge in [-0.1, -0.05) is 20.8 Å². The summed E-state index contributed by atoms with van der Waals surface area (Å²) in [6.45, 7) is 10.3. The summed E-state index contributed by atoms with van der Waals surface area (Å²) in [5.74, 6) is -0.715. The number of hydrogen-bond acceptors (Lipinski definition) is 3. The van der Waals surface area contributed by atoms with Crippen LogP contribution in [-0.2, 0) is 12.7 Å². The Kier molecular flexibility index (Phi) is 4.75. The van der Waals surface area contributed by atoms with Crippen molar-refractivity contribution in [2.24, 2.45) is 5.41 Å². The lowest BCUT2D eigenvalue weighted by atomic mass is 9.87. The molecule has 1 aromatic rings. The molecular weight excluding hydrogens is 309 g/mol. The van der Waals surface area contributed by atoms with E-state index in [1.54, 1.807) is 6.92 Å². The van der Waals surface area contributed by atoms with Crippen molar-refractivity contribution in [2.45, 2.75) is 46.5 Å². The molecule has 1 atom stereocenters. The molecular formula is C15H23F3N4O. The number of rotatable bonds is 4. The second-order valence-corrected chi connectivity index (χ2v) is 6.59. The van der Waals surface area contributed by atoms with Gasteiger partial charge >= 0.3 is 6.18 Å². The number of carbonyl (C=O) groups excluding carboxylic acids is 1. The van der Waals surface area contributed by atoms with Gasteiger partial charge in [-0.15, -0.1) is 0 Å². The van der Waals surface area contributed by atoms with E-state index < -0.39 is 23.3 Å². The first-order chi connectivity index (χ1) is 10.6. The van der Waals surface area contributed by atoms with Gasteiger partial charge in [-0.2, -0.15) is 18.3 Å². The molecule has 2 rings (SSSR count). The lowest BCUT2D eigenvalue weighted by molar-refractivity contribution is -0.141. The predicted octanol–water partition coefficient (Wildman–Crippen LogP) is 2.38. The van der Waals surface area contributed by atoms with Crippen LogP contribution in [0, 0.1) is 5.41 Å². The van der Waals surface area contributed by atoms with Gasteiger partial charge in [0.25, 0.3) is 5.91 Å². The summed E-state index contributed by atoms with van der Waals surface area (Å²) < 4.78 is 40.4. The van der Waals surface area contributed by atoms with E-state index in [1.807, 2.05) is 20.8 Å². The second kappa shape index (κ2) is 6.14. The van der Waals surface area contributed by atoms with Crippen molar-refractivity contribution < 1.29 is 18.0 Å². The lowest BCUT2D eigenvalue weighted by Crippen LogP contribution is -2.44. The smallest absolute Gasteiger partial charge is 0.347 e. The largest absolute Gasteiger partial charge is 0.435 e. The number of carbonyl (C=O) groups is 1. The molecule has 130 valence electrons. The number of aromatic nitrogens is 2. The standard InChI is InChI=1S/C15H23F3N4O/c1-5-21-8-11(14(3,4)9-21)19-13(23)10-7-22(6-2)20-12(10)15(16,17)18/h7,11H,5-6,8-9H2,1-4H3,(H,19,23). The first kappa shape index (κ1) is 17.8. The van der Waals surface area contributed by atoms with Crippen LogP contribution in [0.15, 0.2) is 6.20 Å². The van der Waals surface area contributed by atoms with Gasteiger partial charge in [0.1, 0.15) is 0 Å². The van der Waals surface area contributed by atoms with E-state index in [-0.39, 0.29) is 18.0 Å². The number of nitrogens with zero attached hydrogens (tertiary/aromatic N) is 3. The second-order valence-electron chi connectivity index (χ2n) is 6.59. The minimum absolute atomic E-state index is 0.190. The van der Waals surface area contributed by atoms with E-state index >= 15 is 0 Å². The Labute approximate surface area is 133 Å². The van der Waals surface area contributed by atoms with Crippen molar-refractivity contribution in [3.05, 3.63) is 17.5 Å². The van der Waals surface area contributed by atoms with Crippen molar-refractivity contribution in [3.63, 3.8) is 0 Å². The molecule has 0 radical (unpaired) electrons. The Morgan fingerprint density at radius 2 is 2.04 bits per heavy atom. The summed E-state index contributed by atoms with van der Waals surface area (Å²) in [6.07, 6.45) is -3.48. The Morgan fingerprint density at radius 3 is 2.52 bits per heavy atom. The topological polar surface area (TPSA) is 50.2 Å². The van der Waals surface area contributed by atoms with Crippen LogP contribution in [0.4, 0.5) is 13.2 Å². The molecule has 1 saturated heterocycles. The molecule has 0 saturated carbocycles. The average molecular weight is 332 g/mol. The Morgan fingerprint density at radius 1 is 1.39 bits per heavy atom. The fourth-order valence-corrected chi connectivity index (χ4v) is 2.93. The highest BCUT2D eigenvalue weighted by atomic mass is 19.4. The third-order valence-electron chi connectivity index (χ3n) is 4.37. The summed E-state index contributed by atoms with van der Waals surface area (Å²) in [5.41, 5.74) is -1.73. The van der Waals surface area contributed by atoms with Gasteiger partial charge in [0.05, 0.1) is 5.56 Å². The molecule has 1 unspecified atom stereocenters. The number of halogens is 3. The molecule has 1 aliphatic rings. The summed E-state index contributed by atoms with van der Waals surface area (Å²) in [7, 11) is 0. The lowest BCUT2D eigenvalue weighted by Gasteiger charge is -2.26. The van der Waals surface area contributed by atoms with E-state index in [4.69, 9.17) is 0 Å². The maximum absolute atomic E-state index is 13.1. The van der Waals surface area contributed by atoms with Crippen molar-refractivity contribution >= 4 is 5.91 Å². The van der Waals surface area contributed by atoms with E-state index in [0.29, 0.717) is 6.54 Å². The quantitative estimate of drug-likeness (QED) is 0.921. The van der Waals surface area contributed by atoms with Gasteiger partial charge in [0.15, 0.2) is 5.69 Å². The van der Waals surface area contributed by atoms with Crippen LogP contribution in [0.25, 0.3) is 0 Å². The van der Waals surface area contributed by atoms with Crippen LogP contribution >= 0.6 is 0 Å². The highest BCUT2D eigenvalue weighted by Gasteiger charge is 2.42. The maximum atomic E-state index is 13.1. The third kappa shape index (κ3) is 3.68. The molecule has 1 amide bonds. The molecule has 1 fully saturated rings. The van der Waals surface area contributed by atoms with Crippen LogP contribution in [0.3, 0.4) is 0 Å². The number of likely N-dealkylation sites (N-methyl/N-ethyl adjacent to an activating group) is 1. The summed E-state index contributed by atoms with van der Waals surface area (Å²) >= 11 is 0. The number of aryl methyl sites for hydroxylation is 1. The van der Waals surface area contributed by atoms with E-state index in [9.17, 15) is 18.0 Å². The molecule has 1 aromatic heterocycles. The summed E-state index contributed by atoms with van der Waals surface area (Å²) in [4.78, 5) is 14.6. The van der Waals surface area contributed by atoms with Crippen molar-refractivity contribution in [2.75, 3.05) is 19.6 Å². The van der Waals surface area contributed by atoms with Gasteiger partial charge < -0.3 is 10.2 Å². The molecule has 0 bridgehead atoms. The summed E-state index contributed by atoms with van der Waals surface area (Å²) in [5, 5.41) is 6.25. The van der Waals surface area contributed by atoms with Crippen LogP contribution < -0.4 is 5.32 Å².